The van der Waals surface area contributed by atoms with Gasteiger partial charge in [0.05, 0.1) is 17.0 Å². The lowest BCUT2D eigenvalue weighted by Crippen LogP contribution is -2.46. The topological polar surface area (TPSA) is 49.3 Å². The molecule has 5 nitrogen and oxygen atoms in total. The van der Waals surface area contributed by atoms with Crippen molar-refractivity contribution in [3.8, 4) is 0 Å². The van der Waals surface area contributed by atoms with Crippen molar-refractivity contribution in [2.24, 2.45) is 0 Å². The number of nitrogens with zero attached hydrogens (tertiary/aromatic N) is 4. The standard InChI is InChI=1S/C14H22N4O/c1-5-17-6-8-18(9-7-17)14-15-10(2)13(12(4)19)11(3)16-14/h5-9H2,1-4H3. The molecule has 2 rings (SSSR count). The lowest BCUT2D eigenvalue weighted by atomic mass is 10.1. The minimum atomic E-state index is 0.0392. The Bertz CT molecular complexity index is 455. The number of carbonyl (C=O) groups is 1. The molecule has 1 fully saturated rings. The first kappa shape index (κ1) is 13.9. The van der Waals surface area contributed by atoms with E-state index in [4.69, 9.17) is 0 Å². The van der Waals surface area contributed by atoms with Crippen LogP contribution >= 0.6 is 0 Å². The zero-order chi connectivity index (χ0) is 14.0. The third-order valence-electron chi connectivity index (χ3n) is 3.71. The molecule has 0 spiro atoms. The van der Waals surface area contributed by atoms with Gasteiger partial charge in [-0.2, -0.15) is 0 Å². The minimum Gasteiger partial charge on any atom is -0.338 e. The number of piperazine rings is 1. The summed E-state index contributed by atoms with van der Waals surface area (Å²) in [5.74, 6) is 0.799. The number of aromatic nitrogens is 2. The van der Waals surface area contributed by atoms with Gasteiger partial charge in [-0.3, -0.25) is 4.79 Å². The summed E-state index contributed by atoms with van der Waals surface area (Å²) in [5.41, 5.74) is 2.23. The van der Waals surface area contributed by atoms with Crippen molar-refractivity contribution in [3.63, 3.8) is 0 Å². The van der Waals surface area contributed by atoms with E-state index in [2.05, 4.69) is 26.7 Å². The van der Waals surface area contributed by atoms with E-state index in [1.54, 1.807) is 6.92 Å². The molecule has 0 saturated carbocycles. The summed E-state index contributed by atoms with van der Waals surface area (Å²) in [6, 6.07) is 0. The molecule has 1 saturated heterocycles. The average molecular weight is 262 g/mol. The van der Waals surface area contributed by atoms with Crippen molar-refractivity contribution in [3.05, 3.63) is 17.0 Å². The van der Waals surface area contributed by atoms with Gasteiger partial charge in [0.2, 0.25) is 5.95 Å². The summed E-state index contributed by atoms with van der Waals surface area (Å²) in [6.45, 7) is 12.6. The number of aryl methyl sites for hydroxylation is 2. The molecule has 19 heavy (non-hydrogen) atoms. The predicted molar refractivity (Wildman–Crippen MR) is 75.8 cm³/mol. The third kappa shape index (κ3) is 2.92. The number of carbonyl (C=O) groups excluding carboxylic acids is 1. The van der Waals surface area contributed by atoms with Gasteiger partial charge in [0.25, 0.3) is 0 Å². The Morgan fingerprint density at radius 3 is 2.05 bits per heavy atom. The second-order valence-corrected chi connectivity index (χ2v) is 5.05. The molecule has 1 aromatic rings. The number of ketones is 1. The number of rotatable bonds is 3. The van der Waals surface area contributed by atoms with Crippen LogP contribution < -0.4 is 4.90 Å². The first-order valence-corrected chi connectivity index (χ1v) is 6.86. The van der Waals surface area contributed by atoms with Crippen LogP contribution in [-0.2, 0) is 0 Å². The van der Waals surface area contributed by atoms with Crippen molar-refractivity contribution in [1.29, 1.82) is 0 Å². The van der Waals surface area contributed by atoms with Crippen LogP contribution in [0.1, 0.15) is 35.6 Å². The Morgan fingerprint density at radius 1 is 1.11 bits per heavy atom. The van der Waals surface area contributed by atoms with Crippen LogP contribution in [0.3, 0.4) is 0 Å². The van der Waals surface area contributed by atoms with E-state index in [-0.39, 0.29) is 5.78 Å². The fraction of sp³-hybridized carbons (Fsp3) is 0.643. The van der Waals surface area contributed by atoms with E-state index in [1.165, 1.54) is 0 Å². The van der Waals surface area contributed by atoms with Crippen molar-refractivity contribution in [2.45, 2.75) is 27.7 Å². The molecular formula is C14H22N4O. The van der Waals surface area contributed by atoms with Gasteiger partial charge in [0.15, 0.2) is 5.78 Å². The highest BCUT2D eigenvalue weighted by Crippen LogP contribution is 2.17. The summed E-state index contributed by atoms with van der Waals surface area (Å²) in [4.78, 5) is 25.2. The summed E-state index contributed by atoms with van der Waals surface area (Å²) < 4.78 is 0. The predicted octanol–water partition coefficient (Wildman–Crippen LogP) is 1.44. The van der Waals surface area contributed by atoms with Crippen LogP contribution in [0.5, 0.6) is 0 Å². The molecule has 0 bridgehead atoms. The molecule has 104 valence electrons. The van der Waals surface area contributed by atoms with Crippen LogP contribution in [0.15, 0.2) is 0 Å². The van der Waals surface area contributed by atoms with Crippen molar-refractivity contribution < 1.29 is 4.79 Å². The molecule has 0 atom stereocenters. The highest BCUT2D eigenvalue weighted by molar-refractivity contribution is 5.96. The SMILES string of the molecule is CCN1CCN(c2nc(C)c(C(C)=O)c(C)n2)CC1. The van der Waals surface area contributed by atoms with Crippen LogP contribution in [0.2, 0.25) is 0 Å². The van der Waals surface area contributed by atoms with Crippen molar-refractivity contribution >= 4 is 11.7 Å². The van der Waals surface area contributed by atoms with Crippen LogP contribution in [-0.4, -0.2) is 53.4 Å². The normalized spacial score (nSPS) is 16.7. The van der Waals surface area contributed by atoms with Gasteiger partial charge in [0, 0.05) is 26.2 Å². The second-order valence-electron chi connectivity index (χ2n) is 5.05. The van der Waals surface area contributed by atoms with Gasteiger partial charge >= 0.3 is 0 Å². The van der Waals surface area contributed by atoms with Crippen molar-refractivity contribution in [1.82, 2.24) is 14.9 Å². The number of hydrogen-bond acceptors (Lipinski definition) is 5. The minimum absolute atomic E-state index is 0.0392. The average Bonchev–Trinajstić information content (AvgIpc) is 2.37. The van der Waals surface area contributed by atoms with Gasteiger partial charge in [-0.25, -0.2) is 9.97 Å². The number of Topliss-reactive ketones (excluding diaryl/α,β-unsaturated/α-hetero) is 1. The molecule has 1 aliphatic heterocycles. The summed E-state index contributed by atoms with van der Waals surface area (Å²) in [5, 5.41) is 0. The molecule has 1 aliphatic rings. The van der Waals surface area contributed by atoms with Crippen molar-refractivity contribution in [2.75, 3.05) is 37.6 Å². The molecule has 5 heteroatoms. The highest BCUT2D eigenvalue weighted by atomic mass is 16.1. The molecular weight excluding hydrogens is 240 g/mol. The first-order chi connectivity index (χ1) is 9.02. The maximum absolute atomic E-state index is 11.6. The molecule has 0 radical (unpaired) electrons. The van der Waals surface area contributed by atoms with Crippen LogP contribution in [0.4, 0.5) is 5.95 Å². The van der Waals surface area contributed by atoms with Gasteiger partial charge in [0.1, 0.15) is 0 Å². The van der Waals surface area contributed by atoms with Gasteiger partial charge in [-0.05, 0) is 27.3 Å². The van der Waals surface area contributed by atoms with Crippen LogP contribution in [0.25, 0.3) is 0 Å². The Hall–Kier alpha value is -1.49. The summed E-state index contributed by atoms with van der Waals surface area (Å²) in [7, 11) is 0. The van der Waals surface area contributed by atoms with E-state index in [0.29, 0.717) is 5.56 Å². The fourth-order valence-electron chi connectivity index (χ4n) is 2.61. The molecule has 0 aromatic carbocycles. The molecule has 2 heterocycles. The van der Waals surface area contributed by atoms with Crippen LogP contribution in [0, 0.1) is 13.8 Å². The molecule has 1 aromatic heterocycles. The van der Waals surface area contributed by atoms with E-state index in [0.717, 1.165) is 50.1 Å². The maximum atomic E-state index is 11.6. The zero-order valence-corrected chi connectivity index (χ0v) is 12.2. The second kappa shape index (κ2) is 5.65. The Balaban J connectivity index is 2.21. The largest absolute Gasteiger partial charge is 0.338 e. The molecule has 0 N–H and O–H groups in total. The summed E-state index contributed by atoms with van der Waals surface area (Å²) in [6.07, 6.45) is 0. The lowest BCUT2D eigenvalue weighted by Gasteiger charge is -2.34. The van der Waals surface area contributed by atoms with Gasteiger partial charge in [-0.15, -0.1) is 0 Å². The number of anilines is 1. The smallest absolute Gasteiger partial charge is 0.225 e. The first-order valence-electron chi connectivity index (χ1n) is 6.86. The van der Waals surface area contributed by atoms with Gasteiger partial charge in [-0.1, -0.05) is 6.92 Å². The Kier molecular flexibility index (Phi) is 4.14. The highest BCUT2D eigenvalue weighted by Gasteiger charge is 2.20. The monoisotopic (exact) mass is 262 g/mol. The van der Waals surface area contributed by atoms with E-state index < -0.39 is 0 Å². The summed E-state index contributed by atoms with van der Waals surface area (Å²) >= 11 is 0. The van der Waals surface area contributed by atoms with E-state index in [9.17, 15) is 4.79 Å². The molecule has 0 unspecified atom stereocenters. The van der Waals surface area contributed by atoms with Gasteiger partial charge < -0.3 is 9.80 Å². The Morgan fingerprint density at radius 2 is 1.63 bits per heavy atom. The Labute approximate surface area is 114 Å². The maximum Gasteiger partial charge on any atom is 0.225 e. The van der Waals surface area contributed by atoms with E-state index >= 15 is 0 Å². The lowest BCUT2D eigenvalue weighted by molar-refractivity contribution is 0.101. The number of hydrogen-bond donors (Lipinski definition) is 0. The van der Waals surface area contributed by atoms with E-state index in [1.807, 2.05) is 13.8 Å². The molecule has 0 aliphatic carbocycles. The fourth-order valence-corrected chi connectivity index (χ4v) is 2.61. The quantitative estimate of drug-likeness (QED) is 0.771. The number of likely N-dealkylation sites (N-methyl/N-ethyl adjacent to an activating group) is 1. The molecule has 0 amide bonds. The zero-order valence-electron chi connectivity index (χ0n) is 12.2. The third-order valence-corrected chi connectivity index (χ3v) is 3.71.